The van der Waals surface area contributed by atoms with Crippen molar-refractivity contribution in [2.45, 2.75) is 57.7 Å². The van der Waals surface area contributed by atoms with Gasteiger partial charge in [-0.2, -0.15) is 0 Å². The maximum atomic E-state index is 13.6. The van der Waals surface area contributed by atoms with Crippen LogP contribution in [0.4, 0.5) is 5.69 Å². The molecule has 0 spiro atoms. The molecule has 5 rings (SSSR count). The molecule has 0 unspecified atom stereocenters. The molecule has 1 N–H and O–H groups in total. The van der Waals surface area contributed by atoms with Gasteiger partial charge in [0.05, 0.1) is 41.1 Å². The van der Waals surface area contributed by atoms with Crippen molar-refractivity contribution in [3.8, 4) is 0 Å². The molecule has 3 amide bonds. The fourth-order valence-electron chi connectivity index (χ4n) is 5.44. The highest BCUT2D eigenvalue weighted by Crippen LogP contribution is 2.38. The van der Waals surface area contributed by atoms with Crippen LogP contribution in [0.1, 0.15) is 66.0 Å². The first-order valence-corrected chi connectivity index (χ1v) is 12.0. The molecule has 8 heteroatoms. The zero-order chi connectivity index (χ0) is 23.9. The average Bonchev–Trinajstić information content (AvgIpc) is 3.43. The number of hydrogen-bond donors (Lipinski definition) is 1. The van der Waals surface area contributed by atoms with Crippen LogP contribution in [0.15, 0.2) is 41.0 Å². The molecule has 2 aromatic rings. The van der Waals surface area contributed by atoms with Gasteiger partial charge in [0, 0.05) is 25.7 Å². The minimum absolute atomic E-state index is 0.0258. The first-order valence-electron chi connectivity index (χ1n) is 12.0. The molecule has 1 aromatic carbocycles. The number of anilines is 1. The fraction of sp³-hybridized carbons (Fsp3) is 0.500. The van der Waals surface area contributed by atoms with Crippen LogP contribution in [-0.4, -0.2) is 54.0 Å². The molecule has 180 valence electrons. The van der Waals surface area contributed by atoms with Crippen LogP contribution in [0.2, 0.25) is 0 Å². The SMILES string of the molecule is CC1(C)C[C@@H](N2C(=O)c3cccc(N4CCC[C@H](C(=O)NCc5ccco5)C4)c3C2=O)CCO1. The van der Waals surface area contributed by atoms with E-state index in [4.69, 9.17) is 9.15 Å². The number of ether oxygens (including phenoxy) is 1. The average molecular weight is 466 g/mol. The lowest BCUT2D eigenvalue weighted by Crippen LogP contribution is -2.48. The van der Waals surface area contributed by atoms with E-state index in [2.05, 4.69) is 10.2 Å². The standard InChI is InChI=1S/C26H31N3O5/c1-26(2)14-18(10-13-34-26)29-24(31)20-8-3-9-21(22(20)25(29)32)28-11-4-6-17(16-28)23(30)27-15-19-7-5-12-33-19/h3,5,7-9,12,17-18H,4,6,10-11,13-16H2,1-2H3,(H,27,30)/t17-,18-/m0/s1. The summed E-state index contributed by atoms with van der Waals surface area (Å²) >= 11 is 0. The minimum atomic E-state index is -0.371. The molecular weight excluding hydrogens is 434 g/mol. The topological polar surface area (TPSA) is 92.1 Å². The second-order valence-corrected chi connectivity index (χ2v) is 10.0. The van der Waals surface area contributed by atoms with Crippen molar-refractivity contribution in [2.75, 3.05) is 24.6 Å². The van der Waals surface area contributed by atoms with Crippen molar-refractivity contribution in [3.63, 3.8) is 0 Å². The Balaban J connectivity index is 1.34. The molecule has 3 aliphatic rings. The van der Waals surface area contributed by atoms with Gasteiger partial charge in [-0.3, -0.25) is 19.3 Å². The van der Waals surface area contributed by atoms with Crippen molar-refractivity contribution >= 4 is 23.4 Å². The molecule has 0 radical (unpaired) electrons. The molecule has 2 atom stereocenters. The number of carbonyl (C=O) groups excluding carboxylic acids is 3. The summed E-state index contributed by atoms with van der Waals surface area (Å²) in [4.78, 5) is 43.2. The number of nitrogens with one attached hydrogen (secondary N) is 1. The third-order valence-electron chi connectivity index (χ3n) is 7.11. The van der Waals surface area contributed by atoms with Crippen LogP contribution in [0.25, 0.3) is 0 Å². The summed E-state index contributed by atoms with van der Waals surface area (Å²) in [6.07, 6.45) is 4.47. The van der Waals surface area contributed by atoms with Crippen molar-refractivity contribution < 1.29 is 23.5 Å². The zero-order valence-corrected chi connectivity index (χ0v) is 19.7. The van der Waals surface area contributed by atoms with Crippen molar-refractivity contribution in [2.24, 2.45) is 5.92 Å². The number of furan rings is 1. The van der Waals surface area contributed by atoms with Crippen LogP contribution in [-0.2, 0) is 16.1 Å². The number of piperidine rings is 1. The van der Waals surface area contributed by atoms with Crippen LogP contribution < -0.4 is 10.2 Å². The Labute approximate surface area is 199 Å². The highest BCUT2D eigenvalue weighted by atomic mass is 16.5. The van der Waals surface area contributed by atoms with Gasteiger partial charge in [-0.15, -0.1) is 0 Å². The van der Waals surface area contributed by atoms with Gasteiger partial charge in [-0.25, -0.2) is 0 Å². The number of rotatable bonds is 5. The van der Waals surface area contributed by atoms with Crippen LogP contribution in [0, 0.1) is 5.92 Å². The Morgan fingerprint density at radius 3 is 2.76 bits per heavy atom. The van der Waals surface area contributed by atoms with Gasteiger partial charge in [0.15, 0.2) is 0 Å². The Morgan fingerprint density at radius 2 is 2.00 bits per heavy atom. The van der Waals surface area contributed by atoms with E-state index in [0.717, 1.165) is 25.1 Å². The molecule has 34 heavy (non-hydrogen) atoms. The molecule has 2 saturated heterocycles. The summed E-state index contributed by atoms with van der Waals surface area (Å²) in [5.74, 6) is 0.0284. The Hall–Kier alpha value is -3.13. The number of imide groups is 1. The maximum Gasteiger partial charge on any atom is 0.263 e. The van der Waals surface area contributed by atoms with E-state index in [1.165, 1.54) is 4.90 Å². The highest BCUT2D eigenvalue weighted by molar-refractivity contribution is 6.24. The lowest BCUT2D eigenvalue weighted by molar-refractivity contribution is -0.125. The van der Waals surface area contributed by atoms with Crippen LogP contribution in [0.5, 0.6) is 0 Å². The third kappa shape index (κ3) is 4.22. The molecule has 8 nitrogen and oxygen atoms in total. The van der Waals surface area contributed by atoms with Gasteiger partial charge in [-0.1, -0.05) is 6.07 Å². The molecule has 2 fully saturated rings. The molecule has 0 aliphatic carbocycles. The largest absolute Gasteiger partial charge is 0.467 e. The zero-order valence-electron chi connectivity index (χ0n) is 19.7. The van der Waals surface area contributed by atoms with Crippen molar-refractivity contribution in [1.82, 2.24) is 10.2 Å². The minimum Gasteiger partial charge on any atom is -0.467 e. The molecule has 4 heterocycles. The summed E-state index contributed by atoms with van der Waals surface area (Å²) < 4.78 is 11.1. The molecular formula is C26H31N3O5. The monoisotopic (exact) mass is 465 g/mol. The van der Waals surface area contributed by atoms with E-state index < -0.39 is 0 Å². The van der Waals surface area contributed by atoms with Crippen LogP contribution >= 0.6 is 0 Å². The predicted octanol–water partition coefficient (Wildman–Crippen LogP) is 3.37. The predicted molar refractivity (Wildman–Crippen MR) is 125 cm³/mol. The number of amides is 3. The summed E-state index contributed by atoms with van der Waals surface area (Å²) in [5.41, 5.74) is 1.29. The van der Waals surface area contributed by atoms with E-state index in [-0.39, 0.29) is 35.3 Å². The molecule has 1 aromatic heterocycles. The first kappa shape index (κ1) is 22.7. The Bertz CT molecular complexity index is 1090. The molecule has 0 bridgehead atoms. The Morgan fingerprint density at radius 1 is 1.15 bits per heavy atom. The first-order chi connectivity index (χ1) is 16.3. The fourth-order valence-corrected chi connectivity index (χ4v) is 5.44. The van der Waals surface area contributed by atoms with E-state index in [0.29, 0.717) is 49.4 Å². The third-order valence-corrected chi connectivity index (χ3v) is 7.11. The quantitative estimate of drug-likeness (QED) is 0.681. The molecule has 0 saturated carbocycles. The van der Waals surface area contributed by atoms with E-state index in [9.17, 15) is 14.4 Å². The van der Waals surface area contributed by atoms with Gasteiger partial charge < -0.3 is 19.4 Å². The summed E-state index contributed by atoms with van der Waals surface area (Å²) in [6.45, 7) is 6.11. The van der Waals surface area contributed by atoms with Gasteiger partial charge in [0.1, 0.15) is 5.76 Å². The van der Waals surface area contributed by atoms with Crippen molar-refractivity contribution in [1.29, 1.82) is 0 Å². The number of hydrogen-bond acceptors (Lipinski definition) is 6. The smallest absolute Gasteiger partial charge is 0.263 e. The lowest BCUT2D eigenvalue weighted by atomic mass is 9.93. The van der Waals surface area contributed by atoms with E-state index in [1.807, 2.05) is 32.0 Å². The summed E-state index contributed by atoms with van der Waals surface area (Å²) in [6, 6.07) is 8.91. The van der Waals surface area contributed by atoms with Crippen LogP contribution in [0.3, 0.4) is 0 Å². The Kier molecular flexibility index (Phi) is 5.93. The lowest BCUT2D eigenvalue weighted by Gasteiger charge is -2.39. The number of nitrogens with zero attached hydrogens (tertiary/aromatic N) is 2. The normalized spacial score (nSPS) is 24.3. The molecule has 3 aliphatic heterocycles. The van der Waals surface area contributed by atoms with Gasteiger partial charge >= 0.3 is 0 Å². The van der Waals surface area contributed by atoms with Crippen molar-refractivity contribution in [3.05, 3.63) is 53.5 Å². The second-order valence-electron chi connectivity index (χ2n) is 10.0. The highest BCUT2D eigenvalue weighted by Gasteiger charge is 2.45. The summed E-state index contributed by atoms with van der Waals surface area (Å²) in [7, 11) is 0. The second kappa shape index (κ2) is 8.91. The summed E-state index contributed by atoms with van der Waals surface area (Å²) in [5, 5.41) is 2.95. The van der Waals surface area contributed by atoms with Gasteiger partial charge in [0.25, 0.3) is 11.8 Å². The van der Waals surface area contributed by atoms with E-state index in [1.54, 1.807) is 18.4 Å². The maximum absolute atomic E-state index is 13.6. The van der Waals surface area contributed by atoms with Gasteiger partial charge in [-0.05, 0) is 63.8 Å². The number of carbonyl (C=O) groups is 3. The number of benzene rings is 1. The van der Waals surface area contributed by atoms with Gasteiger partial charge in [0.2, 0.25) is 5.91 Å². The van der Waals surface area contributed by atoms with E-state index >= 15 is 0 Å². The number of fused-ring (bicyclic) bond motifs is 1.